The van der Waals surface area contributed by atoms with Gasteiger partial charge in [-0.3, -0.25) is 4.79 Å². The van der Waals surface area contributed by atoms with E-state index < -0.39 is 0 Å². The smallest absolute Gasteiger partial charge is 0.247 e. The zero-order chi connectivity index (χ0) is 22.2. The first-order valence-corrected chi connectivity index (χ1v) is 11.2. The second-order valence-electron chi connectivity index (χ2n) is 8.32. The Morgan fingerprint density at radius 1 is 0.727 bits per heavy atom. The molecule has 0 spiro atoms. The highest BCUT2D eigenvalue weighted by Crippen LogP contribution is 2.32. The number of carbonyl (C=O) groups excluding carboxylic acids is 1. The van der Waals surface area contributed by atoms with Gasteiger partial charge in [-0.15, -0.1) is 0 Å². The summed E-state index contributed by atoms with van der Waals surface area (Å²) >= 11 is 0. The van der Waals surface area contributed by atoms with Crippen LogP contribution in [0, 0.1) is 0 Å². The molecule has 1 aliphatic rings. The Kier molecular flexibility index (Phi) is 4.73. The summed E-state index contributed by atoms with van der Waals surface area (Å²) in [6.07, 6.45) is 5.86. The molecule has 0 bridgehead atoms. The van der Waals surface area contributed by atoms with Crippen molar-refractivity contribution in [2.75, 3.05) is 0 Å². The molecule has 160 valence electrons. The molecule has 3 heterocycles. The van der Waals surface area contributed by atoms with Gasteiger partial charge in [0.1, 0.15) is 5.69 Å². The number of aromatic nitrogens is 4. The Labute approximate surface area is 191 Å². The molecule has 0 atom stereocenters. The lowest BCUT2D eigenvalue weighted by Gasteiger charge is -2.11. The lowest BCUT2D eigenvalue weighted by Crippen LogP contribution is -2.16. The quantitative estimate of drug-likeness (QED) is 0.350. The van der Waals surface area contributed by atoms with Gasteiger partial charge in [0, 0.05) is 18.2 Å². The Morgan fingerprint density at radius 3 is 2.06 bits per heavy atom. The zero-order valence-electron chi connectivity index (χ0n) is 18.1. The molecule has 0 amide bonds. The highest BCUT2D eigenvalue weighted by molar-refractivity contribution is 5.83. The fourth-order valence-corrected chi connectivity index (χ4v) is 4.50. The Balaban J connectivity index is 1.53. The van der Waals surface area contributed by atoms with Crippen molar-refractivity contribution in [1.82, 2.24) is 19.6 Å². The first kappa shape index (κ1) is 19.4. The molecule has 5 heteroatoms. The molecule has 0 N–H and O–H groups in total. The van der Waals surface area contributed by atoms with E-state index in [9.17, 15) is 4.79 Å². The third-order valence-electron chi connectivity index (χ3n) is 6.14. The van der Waals surface area contributed by atoms with Crippen molar-refractivity contribution in [3.63, 3.8) is 0 Å². The number of benzene rings is 3. The van der Waals surface area contributed by atoms with Gasteiger partial charge in [-0.25, -0.2) is 4.68 Å². The number of nitrogens with zero attached hydrogens (tertiary/aromatic N) is 4. The Hall–Kier alpha value is -4.25. The van der Waals surface area contributed by atoms with Crippen molar-refractivity contribution in [1.29, 1.82) is 0 Å². The molecule has 0 saturated carbocycles. The summed E-state index contributed by atoms with van der Waals surface area (Å²) < 4.78 is 3.43. The maximum atomic E-state index is 12.5. The molecular weight excluding hydrogens is 408 g/mol. The number of rotatable bonds is 3. The van der Waals surface area contributed by atoms with Crippen LogP contribution in [0.4, 0.5) is 0 Å². The van der Waals surface area contributed by atoms with Gasteiger partial charge in [0.2, 0.25) is 5.91 Å². The topological polar surface area (TPSA) is 52.7 Å². The molecule has 0 aliphatic carbocycles. The maximum Gasteiger partial charge on any atom is 0.247 e. The molecule has 5 aromatic rings. The van der Waals surface area contributed by atoms with Crippen LogP contribution in [0.5, 0.6) is 0 Å². The molecule has 6 rings (SSSR count). The zero-order valence-corrected chi connectivity index (χ0v) is 18.1. The van der Waals surface area contributed by atoms with Gasteiger partial charge < -0.3 is 0 Å². The summed E-state index contributed by atoms with van der Waals surface area (Å²) in [4.78, 5) is 12.5. The standard InChI is InChI=1S/C28H22N4O/c33-27-13-7-12-22-19-31(30-28(22)26-14-15-29-32(26)27)25-17-23(20-8-3-1-4-9-20)16-24(18-25)21-10-5-2-6-11-21/h1-6,8-11,14-19H,7,12-13H2. The van der Waals surface area contributed by atoms with E-state index in [0.29, 0.717) is 6.42 Å². The number of aryl methyl sites for hydroxylation is 1. The molecule has 5 nitrogen and oxygen atoms in total. The average molecular weight is 431 g/mol. The second kappa shape index (κ2) is 8.02. The summed E-state index contributed by atoms with van der Waals surface area (Å²) in [6.45, 7) is 0. The van der Waals surface area contributed by atoms with Crippen molar-refractivity contribution < 1.29 is 4.79 Å². The van der Waals surface area contributed by atoms with Crippen LogP contribution in [0.25, 0.3) is 39.3 Å². The first-order chi connectivity index (χ1) is 16.3. The van der Waals surface area contributed by atoms with Crippen LogP contribution in [-0.4, -0.2) is 25.5 Å². The summed E-state index contributed by atoms with van der Waals surface area (Å²) in [5.74, 6) is 0.0210. The van der Waals surface area contributed by atoms with Crippen molar-refractivity contribution in [3.8, 4) is 39.3 Å². The van der Waals surface area contributed by atoms with E-state index in [2.05, 4.69) is 78.0 Å². The van der Waals surface area contributed by atoms with E-state index in [1.165, 1.54) is 4.68 Å². The molecule has 0 saturated heterocycles. The normalized spacial score (nSPS) is 13.2. The maximum absolute atomic E-state index is 12.5. The van der Waals surface area contributed by atoms with Crippen LogP contribution < -0.4 is 0 Å². The van der Waals surface area contributed by atoms with Gasteiger partial charge in [-0.05, 0) is 59.4 Å². The molecule has 0 fully saturated rings. The lowest BCUT2D eigenvalue weighted by molar-refractivity contribution is 0.0885. The minimum absolute atomic E-state index is 0.0210. The lowest BCUT2D eigenvalue weighted by atomic mass is 9.98. The summed E-state index contributed by atoms with van der Waals surface area (Å²) in [7, 11) is 0. The molecule has 0 unspecified atom stereocenters. The highest BCUT2D eigenvalue weighted by Gasteiger charge is 2.22. The number of hydrogen-bond acceptors (Lipinski definition) is 3. The van der Waals surface area contributed by atoms with E-state index in [0.717, 1.165) is 57.7 Å². The highest BCUT2D eigenvalue weighted by atomic mass is 16.2. The Bertz CT molecular complexity index is 1390. The number of fused-ring (bicyclic) bond motifs is 3. The fraction of sp³-hybridized carbons (Fsp3) is 0.107. The van der Waals surface area contributed by atoms with E-state index in [1.807, 2.05) is 22.9 Å². The molecule has 1 aliphatic heterocycles. The van der Waals surface area contributed by atoms with Crippen molar-refractivity contribution in [2.24, 2.45) is 0 Å². The van der Waals surface area contributed by atoms with E-state index in [1.54, 1.807) is 6.20 Å². The average Bonchev–Trinajstić information content (AvgIpc) is 3.51. The summed E-state index contributed by atoms with van der Waals surface area (Å²) in [6, 6.07) is 29.2. The van der Waals surface area contributed by atoms with Crippen LogP contribution in [-0.2, 0) is 6.42 Å². The van der Waals surface area contributed by atoms with Crippen molar-refractivity contribution in [3.05, 3.63) is 103 Å². The summed E-state index contributed by atoms with van der Waals surface area (Å²) in [5, 5.41) is 9.19. The van der Waals surface area contributed by atoms with E-state index in [-0.39, 0.29) is 5.91 Å². The molecular formula is C28H22N4O. The molecule has 3 aromatic carbocycles. The SMILES string of the molecule is O=C1CCCc2cn(-c3cc(-c4ccccc4)cc(-c4ccccc4)c3)nc2-c2ccnn21. The van der Waals surface area contributed by atoms with Crippen LogP contribution in [0.2, 0.25) is 0 Å². The fourth-order valence-electron chi connectivity index (χ4n) is 4.50. The number of carbonyl (C=O) groups is 1. The largest absolute Gasteiger partial charge is 0.273 e. The Morgan fingerprint density at radius 2 is 1.39 bits per heavy atom. The van der Waals surface area contributed by atoms with Crippen LogP contribution in [0.15, 0.2) is 97.3 Å². The van der Waals surface area contributed by atoms with Gasteiger partial charge in [-0.1, -0.05) is 60.7 Å². The monoisotopic (exact) mass is 430 g/mol. The molecule has 33 heavy (non-hydrogen) atoms. The van der Waals surface area contributed by atoms with Gasteiger partial charge in [0.15, 0.2) is 0 Å². The second-order valence-corrected chi connectivity index (χ2v) is 8.32. The van der Waals surface area contributed by atoms with Crippen molar-refractivity contribution >= 4 is 5.91 Å². The van der Waals surface area contributed by atoms with Gasteiger partial charge in [0.05, 0.1) is 17.6 Å². The van der Waals surface area contributed by atoms with Crippen LogP contribution >= 0.6 is 0 Å². The third kappa shape index (κ3) is 3.57. The molecule has 0 radical (unpaired) electrons. The minimum Gasteiger partial charge on any atom is -0.273 e. The van der Waals surface area contributed by atoms with Crippen LogP contribution in [0.3, 0.4) is 0 Å². The first-order valence-electron chi connectivity index (χ1n) is 11.2. The minimum atomic E-state index is 0.0210. The van der Waals surface area contributed by atoms with Crippen LogP contribution in [0.1, 0.15) is 23.2 Å². The molecule has 2 aromatic heterocycles. The number of hydrogen-bond donors (Lipinski definition) is 0. The predicted molar refractivity (Wildman–Crippen MR) is 129 cm³/mol. The summed E-state index contributed by atoms with van der Waals surface area (Å²) in [5.41, 5.74) is 8.29. The van der Waals surface area contributed by atoms with Gasteiger partial charge in [0.25, 0.3) is 0 Å². The predicted octanol–water partition coefficient (Wildman–Crippen LogP) is 6.05. The van der Waals surface area contributed by atoms with E-state index in [4.69, 9.17) is 5.10 Å². The third-order valence-corrected chi connectivity index (χ3v) is 6.14. The van der Waals surface area contributed by atoms with Crippen molar-refractivity contribution in [2.45, 2.75) is 19.3 Å². The van der Waals surface area contributed by atoms with Gasteiger partial charge >= 0.3 is 0 Å². The van der Waals surface area contributed by atoms with E-state index >= 15 is 0 Å². The van der Waals surface area contributed by atoms with Gasteiger partial charge in [-0.2, -0.15) is 14.9 Å².